The summed E-state index contributed by atoms with van der Waals surface area (Å²) in [7, 11) is 1.03. The Morgan fingerprint density at radius 2 is 1.58 bits per heavy atom. The molecule has 2 aromatic rings. The van der Waals surface area contributed by atoms with Crippen molar-refractivity contribution in [2.45, 2.75) is 23.0 Å². The number of hydrogen-bond acceptors (Lipinski definition) is 3. The molecule has 0 unspecified atom stereocenters. The molecule has 0 spiro atoms. The Kier molecular flexibility index (Phi) is 5.90. The minimum absolute atomic E-state index is 0.0410. The number of carbonyl (C=O) groups is 1. The Bertz CT molecular complexity index is 799. The fourth-order valence-electron chi connectivity index (χ4n) is 2.10. The smallest absolute Gasteiger partial charge is 0.416 e. The van der Waals surface area contributed by atoms with E-state index in [2.05, 4.69) is 4.74 Å². The molecular formula is C17H12F6O2S. The molecule has 2 rings (SSSR count). The van der Waals surface area contributed by atoms with Gasteiger partial charge in [-0.25, -0.2) is 4.79 Å². The number of halogens is 6. The predicted octanol–water partition coefficient (Wildman–Crippen LogP) is 5.80. The lowest BCUT2D eigenvalue weighted by Gasteiger charge is -2.13. The highest BCUT2D eigenvalue weighted by Gasteiger charge is 2.32. The molecule has 0 aliphatic rings. The number of esters is 1. The monoisotopic (exact) mass is 394 g/mol. The quantitative estimate of drug-likeness (QED) is 0.372. The fourth-order valence-corrected chi connectivity index (χ4v) is 3.06. The number of thioether (sulfide) groups is 1. The van der Waals surface area contributed by atoms with Gasteiger partial charge in [0.05, 0.1) is 23.8 Å². The van der Waals surface area contributed by atoms with Gasteiger partial charge < -0.3 is 4.74 Å². The van der Waals surface area contributed by atoms with Crippen LogP contribution in [0.3, 0.4) is 0 Å². The number of ether oxygens (including phenoxy) is 1. The van der Waals surface area contributed by atoms with Crippen LogP contribution in [0, 0.1) is 0 Å². The van der Waals surface area contributed by atoms with Crippen LogP contribution in [0.5, 0.6) is 0 Å². The zero-order valence-corrected chi connectivity index (χ0v) is 14.1. The second kappa shape index (κ2) is 7.61. The minimum atomic E-state index is -4.63. The lowest BCUT2D eigenvalue weighted by molar-refractivity contribution is -0.138. The van der Waals surface area contributed by atoms with Crippen LogP contribution in [0.1, 0.15) is 27.0 Å². The molecular weight excluding hydrogens is 382 g/mol. The molecule has 9 heteroatoms. The van der Waals surface area contributed by atoms with Crippen molar-refractivity contribution in [1.82, 2.24) is 0 Å². The van der Waals surface area contributed by atoms with Crippen molar-refractivity contribution in [2.75, 3.05) is 7.11 Å². The van der Waals surface area contributed by atoms with Gasteiger partial charge in [-0.2, -0.15) is 26.3 Å². The lowest BCUT2D eigenvalue weighted by Crippen LogP contribution is -2.09. The number of alkyl halides is 6. The molecule has 0 N–H and O–H groups in total. The van der Waals surface area contributed by atoms with Crippen molar-refractivity contribution in [3.8, 4) is 0 Å². The van der Waals surface area contributed by atoms with Crippen LogP contribution in [-0.2, 0) is 22.8 Å². The molecule has 0 saturated heterocycles. The van der Waals surface area contributed by atoms with Gasteiger partial charge >= 0.3 is 18.3 Å². The van der Waals surface area contributed by atoms with E-state index in [9.17, 15) is 31.1 Å². The summed E-state index contributed by atoms with van der Waals surface area (Å²) >= 11 is 0.947. The van der Waals surface area contributed by atoms with Crippen LogP contribution < -0.4 is 0 Å². The molecule has 0 atom stereocenters. The Labute approximate surface area is 149 Å². The van der Waals surface area contributed by atoms with E-state index in [1.165, 1.54) is 12.1 Å². The number of carbonyl (C=O) groups excluding carboxylic acids is 1. The summed E-state index contributed by atoms with van der Waals surface area (Å²) in [6.45, 7) is 0. The predicted molar refractivity (Wildman–Crippen MR) is 83.8 cm³/mol. The first kappa shape index (κ1) is 20.2. The first-order valence-corrected chi connectivity index (χ1v) is 8.09. The third-order valence-electron chi connectivity index (χ3n) is 3.36. The van der Waals surface area contributed by atoms with Crippen molar-refractivity contribution in [3.05, 3.63) is 64.7 Å². The lowest BCUT2D eigenvalue weighted by atomic mass is 10.1. The zero-order chi connectivity index (χ0) is 19.5. The first-order valence-electron chi connectivity index (χ1n) is 7.11. The van der Waals surface area contributed by atoms with Crippen LogP contribution in [0.2, 0.25) is 0 Å². The van der Waals surface area contributed by atoms with E-state index in [4.69, 9.17) is 0 Å². The molecule has 2 aromatic carbocycles. The van der Waals surface area contributed by atoms with Crippen LogP contribution in [0.15, 0.2) is 47.4 Å². The minimum Gasteiger partial charge on any atom is -0.465 e. The topological polar surface area (TPSA) is 26.3 Å². The van der Waals surface area contributed by atoms with E-state index >= 15 is 0 Å². The highest BCUT2D eigenvalue weighted by Crippen LogP contribution is 2.35. The first-order chi connectivity index (χ1) is 12.0. The van der Waals surface area contributed by atoms with E-state index in [0.29, 0.717) is 11.6 Å². The number of methoxy groups -OCH3 is 1. The van der Waals surface area contributed by atoms with Gasteiger partial charge in [-0.1, -0.05) is 18.2 Å². The maximum absolute atomic E-state index is 12.8. The van der Waals surface area contributed by atoms with Crippen molar-refractivity contribution < 1.29 is 35.9 Å². The molecule has 0 radical (unpaired) electrons. The second-order valence-electron chi connectivity index (χ2n) is 5.19. The molecule has 26 heavy (non-hydrogen) atoms. The molecule has 140 valence electrons. The summed E-state index contributed by atoms with van der Waals surface area (Å²) in [5.74, 6) is -0.915. The summed E-state index contributed by atoms with van der Waals surface area (Å²) in [5, 5.41) is 0. The standard InChI is InChI=1S/C17H12F6O2S/c1-25-15(24)13-8-12(17(21,22)23)5-6-14(13)26-9-10-3-2-4-11(7-10)16(18,19)20/h2-8H,9H2,1H3. The molecule has 0 heterocycles. The highest BCUT2D eigenvalue weighted by atomic mass is 32.2. The fraction of sp³-hybridized carbons (Fsp3) is 0.235. The van der Waals surface area contributed by atoms with Gasteiger partial charge in [0.2, 0.25) is 0 Å². The number of hydrogen-bond donors (Lipinski definition) is 0. The second-order valence-corrected chi connectivity index (χ2v) is 6.20. The molecule has 0 aliphatic heterocycles. The molecule has 2 nitrogen and oxygen atoms in total. The zero-order valence-electron chi connectivity index (χ0n) is 13.2. The Morgan fingerprint density at radius 1 is 0.962 bits per heavy atom. The average Bonchev–Trinajstić information content (AvgIpc) is 2.57. The van der Waals surface area contributed by atoms with Crippen LogP contribution >= 0.6 is 11.8 Å². The van der Waals surface area contributed by atoms with Gasteiger partial charge in [-0.3, -0.25) is 0 Å². The Morgan fingerprint density at radius 3 is 2.15 bits per heavy atom. The van der Waals surface area contributed by atoms with Crippen LogP contribution in [0.25, 0.3) is 0 Å². The summed E-state index contributed by atoms with van der Waals surface area (Å²) < 4.78 is 81.1. The summed E-state index contributed by atoms with van der Waals surface area (Å²) in [4.78, 5) is 11.9. The summed E-state index contributed by atoms with van der Waals surface area (Å²) in [5.41, 5.74) is -1.81. The Hall–Kier alpha value is -2.16. The van der Waals surface area contributed by atoms with E-state index < -0.39 is 29.4 Å². The number of benzene rings is 2. The van der Waals surface area contributed by atoms with E-state index in [1.54, 1.807) is 0 Å². The van der Waals surface area contributed by atoms with Crippen molar-refractivity contribution in [2.24, 2.45) is 0 Å². The highest BCUT2D eigenvalue weighted by molar-refractivity contribution is 7.98. The molecule has 0 amide bonds. The average molecular weight is 394 g/mol. The summed E-state index contributed by atoms with van der Waals surface area (Å²) in [6.07, 6.45) is -9.13. The molecule has 0 aliphatic carbocycles. The van der Waals surface area contributed by atoms with Gasteiger partial charge in [0.15, 0.2) is 0 Å². The molecule has 0 bridgehead atoms. The van der Waals surface area contributed by atoms with Gasteiger partial charge in [0.1, 0.15) is 0 Å². The van der Waals surface area contributed by atoms with Crippen LogP contribution in [0.4, 0.5) is 26.3 Å². The van der Waals surface area contributed by atoms with E-state index in [1.807, 2.05) is 0 Å². The number of rotatable bonds is 4. The van der Waals surface area contributed by atoms with Gasteiger partial charge in [0, 0.05) is 10.6 Å². The SMILES string of the molecule is COC(=O)c1cc(C(F)(F)F)ccc1SCc1cccc(C(F)(F)F)c1. The third kappa shape index (κ3) is 4.94. The van der Waals surface area contributed by atoms with Gasteiger partial charge in [0.25, 0.3) is 0 Å². The molecule has 0 saturated carbocycles. The third-order valence-corrected chi connectivity index (χ3v) is 4.51. The maximum Gasteiger partial charge on any atom is 0.416 e. The summed E-state index contributed by atoms with van der Waals surface area (Å²) in [6, 6.07) is 7.16. The van der Waals surface area contributed by atoms with Gasteiger partial charge in [-0.15, -0.1) is 11.8 Å². The largest absolute Gasteiger partial charge is 0.465 e. The van der Waals surface area contributed by atoms with Crippen LogP contribution in [-0.4, -0.2) is 13.1 Å². The molecule has 0 aromatic heterocycles. The van der Waals surface area contributed by atoms with Crippen molar-refractivity contribution in [3.63, 3.8) is 0 Å². The van der Waals surface area contributed by atoms with E-state index in [0.717, 1.165) is 43.1 Å². The van der Waals surface area contributed by atoms with Gasteiger partial charge in [-0.05, 0) is 29.8 Å². The normalized spacial score (nSPS) is 12.1. The van der Waals surface area contributed by atoms with E-state index in [-0.39, 0.29) is 16.2 Å². The maximum atomic E-state index is 12.8. The van der Waals surface area contributed by atoms with Crippen molar-refractivity contribution >= 4 is 17.7 Å². The Balaban J connectivity index is 2.28. The van der Waals surface area contributed by atoms with Crippen molar-refractivity contribution in [1.29, 1.82) is 0 Å². The molecule has 0 fully saturated rings.